The fraction of sp³-hybridized carbons (Fsp3) is 0.476. The minimum Gasteiger partial charge on any atom is -0.497 e. The SMILES string of the molecule is COc1ccc2cc(CN3C[C@@H]4CC[C@H]3CN(C(C)=O)C4)ccc2c1. The molecule has 25 heavy (non-hydrogen) atoms. The number of carbonyl (C=O) groups is 1. The summed E-state index contributed by atoms with van der Waals surface area (Å²) < 4.78 is 5.31. The van der Waals surface area contributed by atoms with E-state index in [0.29, 0.717) is 12.0 Å². The smallest absolute Gasteiger partial charge is 0.219 e. The maximum Gasteiger partial charge on any atom is 0.219 e. The second kappa shape index (κ2) is 6.68. The lowest BCUT2D eigenvalue weighted by Gasteiger charge is -2.36. The van der Waals surface area contributed by atoms with Gasteiger partial charge >= 0.3 is 0 Å². The number of carbonyl (C=O) groups excluding carboxylic acids is 1. The molecule has 4 heteroatoms. The van der Waals surface area contributed by atoms with Gasteiger partial charge in [0, 0.05) is 39.1 Å². The molecule has 0 radical (unpaired) electrons. The van der Waals surface area contributed by atoms with Crippen molar-refractivity contribution in [1.29, 1.82) is 0 Å². The Labute approximate surface area is 149 Å². The Morgan fingerprint density at radius 3 is 2.68 bits per heavy atom. The average molecular weight is 338 g/mol. The van der Waals surface area contributed by atoms with E-state index in [1.165, 1.54) is 29.2 Å². The summed E-state index contributed by atoms with van der Waals surface area (Å²) in [6.45, 7) is 5.59. The normalized spacial score (nSPS) is 23.7. The fourth-order valence-electron chi connectivity index (χ4n) is 4.36. The van der Waals surface area contributed by atoms with E-state index in [9.17, 15) is 4.79 Å². The van der Waals surface area contributed by atoms with Gasteiger partial charge in [-0.05, 0) is 53.3 Å². The first-order valence-corrected chi connectivity index (χ1v) is 9.18. The maximum atomic E-state index is 11.8. The first-order chi connectivity index (χ1) is 12.1. The molecule has 0 spiro atoms. The first-order valence-electron chi connectivity index (χ1n) is 9.18. The van der Waals surface area contributed by atoms with Gasteiger partial charge in [0.05, 0.1) is 7.11 Å². The minimum atomic E-state index is 0.221. The van der Waals surface area contributed by atoms with Crippen molar-refractivity contribution in [3.05, 3.63) is 42.0 Å². The van der Waals surface area contributed by atoms with Crippen molar-refractivity contribution in [3.8, 4) is 5.75 Å². The van der Waals surface area contributed by atoms with E-state index in [4.69, 9.17) is 4.74 Å². The van der Waals surface area contributed by atoms with Crippen molar-refractivity contribution in [2.75, 3.05) is 26.7 Å². The molecule has 3 fully saturated rings. The van der Waals surface area contributed by atoms with Crippen LogP contribution in [-0.2, 0) is 11.3 Å². The number of ether oxygens (including phenoxy) is 1. The van der Waals surface area contributed by atoms with Crippen LogP contribution in [0.4, 0.5) is 0 Å². The second-order valence-corrected chi connectivity index (χ2v) is 7.50. The van der Waals surface area contributed by atoms with Crippen LogP contribution in [0.3, 0.4) is 0 Å². The molecule has 4 nitrogen and oxygen atoms in total. The zero-order valence-electron chi connectivity index (χ0n) is 15.1. The van der Waals surface area contributed by atoms with E-state index in [1.54, 1.807) is 14.0 Å². The molecule has 0 aliphatic carbocycles. The summed E-state index contributed by atoms with van der Waals surface area (Å²) in [7, 11) is 1.70. The second-order valence-electron chi connectivity index (χ2n) is 7.50. The molecule has 3 aliphatic heterocycles. The summed E-state index contributed by atoms with van der Waals surface area (Å²) in [5.74, 6) is 1.74. The molecule has 2 bridgehead atoms. The summed E-state index contributed by atoms with van der Waals surface area (Å²) in [5.41, 5.74) is 1.35. The van der Waals surface area contributed by atoms with Crippen LogP contribution in [0, 0.1) is 5.92 Å². The number of benzene rings is 2. The zero-order valence-corrected chi connectivity index (χ0v) is 15.1. The quantitative estimate of drug-likeness (QED) is 0.861. The van der Waals surface area contributed by atoms with Crippen LogP contribution in [0.15, 0.2) is 36.4 Å². The summed E-state index contributed by atoms with van der Waals surface area (Å²) in [6, 6.07) is 13.4. The predicted octanol–water partition coefficient (Wildman–Crippen LogP) is 3.29. The molecule has 2 aromatic carbocycles. The van der Waals surface area contributed by atoms with Crippen LogP contribution in [0.2, 0.25) is 0 Å². The van der Waals surface area contributed by atoms with Gasteiger partial charge in [0.15, 0.2) is 0 Å². The molecule has 0 aromatic heterocycles. The van der Waals surface area contributed by atoms with Gasteiger partial charge in [-0.2, -0.15) is 0 Å². The molecule has 132 valence electrons. The van der Waals surface area contributed by atoms with Crippen molar-refractivity contribution in [2.24, 2.45) is 5.92 Å². The van der Waals surface area contributed by atoms with Gasteiger partial charge in [-0.25, -0.2) is 0 Å². The summed E-state index contributed by atoms with van der Waals surface area (Å²) in [6.07, 6.45) is 2.46. The number of piperidine rings is 1. The Kier molecular flexibility index (Phi) is 4.38. The third-order valence-corrected chi connectivity index (χ3v) is 5.77. The van der Waals surface area contributed by atoms with Crippen LogP contribution in [0.25, 0.3) is 10.8 Å². The van der Waals surface area contributed by atoms with Gasteiger partial charge in [-0.15, -0.1) is 0 Å². The maximum absolute atomic E-state index is 11.8. The molecule has 3 aliphatic rings. The molecular weight excluding hydrogens is 312 g/mol. The molecule has 3 saturated heterocycles. The number of rotatable bonds is 3. The third kappa shape index (κ3) is 3.36. The topological polar surface area (TPSA) is 32.8 Å². The van der Waals surface area contributed by atoms with Crippen molar-refractivity contribution in [1.82, 2.24) is 9.80 Å². The highest BCUT2D eigenvalue weighted by molar-refractivity contribution is 5.84. The van der Waals surface area contributed by atoms with Crippen LogP contribution in [0.5, 0.6) is 5.75 Å². The Morgan fingerprint density at radius 1 is 1.08 bits per heavy atom. The van der Waals surface area contributed by atoms with Crippen LogP contribution in [0.1, 0.15) is 25.3 Å². The highest BCUT2D eigenvalue weighted by Crippen LogP contribution is 2.30. The Balaban J connectivity index is 1.53. The Hall–Kier alpha value is -2.07. The van der Waals surface area contributed by atoms with Crippen molar-refractivity contribution >= 4 is 16.7 Å². The van der Waals surface area contributed by atoms with Crippen LogP contribution < -0.4 is 4.74 Å². The van der Waals surface area contributed by atoms with Crippen molar-refractivity contribution in [3.63, 3.8) is 0 Å². The summed E-state index contributed by atoms with van der Waals surface area (Å²) >= 11 is 0. The lowest BCUT2D eigenvalue weighted by atomic mass is 9.94. The molecular formula is C21H26N2O2. The lowest BCUT2D eigenvalue weighted by molar-refractivity contribution is -0.129. The largest absolute Gasteiger partial charge is 0.497 e. The molecule has 0 saturated carbocycles. The molecule has 0 N–H and O–H groups in total. The third-order valence-electron chi connectivity index (χ3n) is 5.77. The van der Waals surface area contributed by atoms with Gasteiger partial charge < -0.3 is 9.64 Å². The van der Waals surface area contributed by atoms with E-state index in [1.807, 2.05) is 6.07 Å². The molecule has 5 rings (SSSR count). The Bertz CT molecular complexity index is 789. The molecule has 3 heterocycles. The lowest BCUT2D eigenvalue weighted by Crippen LogP contribution is -2.43. The number of methoxy groups -OCH3 is 1. The molecule has 0 unspecified atom stereocenters. The fourth-order valence-corrected chi connectivity index (χ4v) is 4.36. The first kappa shape index (κ1) is 16.4. The highest BCUT2D eigenvalue weighted by atomic mass is 16.5. The van der Waals surface area contributed by atoms with E-state index in [2.05, 4.69) is 40.1 Å². The predicted molar refractivity (Wildman–Crippen MR) is 99.7 cm³/mol. The number of hydrogen-bond donors (Lipinski definition) is 0. The van der Waals surface area contributed by atoms with Gasteiger partial charge in [-0.1, -0.05) is 18.2 Å². The summed E-state index contributed by atoms with van der Waals surface area (Å²) in [4.78, 5) is 16.5. The highest BCUT2D eigenvalue weighted by Gasteiger charge is 2.35. The number of nitrogens with zero attached hydrogens (tertiary/aromatic N) is 2. The number of amides is 1. The number of hydrogen-bond acceptors (Lipinski definition) is 3. The average Bonchev–Trinajstić information content (AvgIpc) is 2.93. The van der Waals surface area contributed by atoms with E-state index >= 15 is 0 Å². The number of fused-ring (bicyclic) bond motifs is 5. The van der Waals surface area contributed by atoms with Gasteiger partial charge in [0.2, 0.25) is 5.91 Å². The standard InChI is InChI=1S/C21H26N2O2/c1-15(24)22-12-17-4-7-20(14-22)23(13-17)11-16-3-5-19-10-21(25-2)8-6-18(19)9-16/h3,5-6,8-10,17,20H,4,7,11-14H2,1-2H3/t17-,20+/m1/s1. The Morgan fingerprint density at radius 2 is 1.88 bits per heavy atom. The van der Waals surface area contributed by atoms with E-state index in [0.717, 1.165) is 31.9 Å². The van der Waals surface area contributed by atoms with Crippen LogP contribution >= 0.6 is 0 Å². The minimum absolute atomic E-state index is 0.221. The van der Waals surface area contributed by atoms with Crippen molar-refractivity contribution in [2.45, 2.75) is 32.4 Å². The molecule has 2 aromatic rings. The monoisotopic (exact) mass is 338 g/mol. The van der Waals surface area contributed by atoms with Gasteiger partial charge in [0.1, 0.15) is 5.75 Å². The molecule has 2 atom stereocenters. The van der Waals surface area contributed by atoms with Crippen LogP contribution in [-0.4, -0.2) is 48.5 Å². The zero-order chi connectivity index (χ0) is 17.4. The van der Waals surface area contributed by atoms with Crippen molar-refractivity contribution < 1.29 is 9.53 Å². The van der Waals surface area contributed by atoms with Gasteiger partial charge in [0.25, 0.3) is 0 Å². The summed E-state index contributed by atoms with van der Waals surface area (Å²) in [5, 5.41) is 2.46. The van der Waals surface area contributed by atoms with E-state index < -0.39 is 0 Å². The van der Waals surface area contributed by atoms with Gasteiger partial charge in [-0.3, -0.25) is 9.69 Å². The van der Waals surface area contributed by atoms with E-state index in [-0.39, 0.29) is 5.91 Å². The molecule has 1 amide bonds.